The number of halogens is 1. The molecule has 0 bridgehead atoms. The molecule has 13 heavy (non-hydrogen) atoms. The first kappa shape index (κ1) is 8.07. The van der Waals surface area contributed by atoms with Crippen molar-refractivity contribution in [3.63, 3.8) is 0 Å². The topological polar surface area (TPSA) is 56.7 Å². The van der Waals surface area contributed by atoms with Crippen LogP contribution < -0.4 is 5.73 Å². The van der Waals surface area contributed by atoms with Crippen LogP contribution in [0.4, 0.5) is 5.82 Å². The Hall–Kier alpha value is -1.55. The average molecular weight is 195 g/mol. The fourth-order valence-corrected chi connectivity index (χ4v) is 1.27. The molecule has 1 aromatic carbocycles. The van der Waals surface area contributed by atoms with Gasteiger partial charge in [-0.1, -0.05) is 28.9 Å². The second-order valence-electron chi connectivity index (χ2n) is 2.52. The summed E-state index contributed by atoms with van der Waals surface area (Å²) in [7, 11) is 0. The molecule has 0 radical (unpaired) electrons. The lowest BCUT2D eigenvalue weighted by Crippen LogP contribution is -2.02. The van der Waals surface area contributed by atoms with Gasteiger partial charge in [0.25, 0.3) is 0 Å². The van der Waals surface area contributed by atoms with Crippen molar-refractivity contribution in [3.8, 4) is 5.69 Å². The van der Waals surface area contributed by atoms with Gasteiger partial charge in [-0.25, -0.2) is 0 Å². The quantitative estimate of drug-likeness (QED) is 0.749. The summed E-state index contributed by atoms with van der Waals surface area (Å²) in [5, 5.41) is 8.07. The monoisotopic (exact) mass is 194 g/mol. The van der Waals surface area contributed by atoms with E-state index in [-0.39, 0.29) is 0 Å². The number of nitrogen functional groups attached to an aromatic ring is 1. The van der Waals surface area contributed by atoms with Gasteiger partial charge in [-0.3, -0.25) is 0 Å². The van der Waals surface area contributed by atoms with Gasteiger partial charge in [0, 0.05) is 0 Å². The van der Waals surface area contributed by atoms with Crippen LogP contribution in [-0.2, 0) is 0 Å². The standard InChI is InChI=1S/C8H7ClN4/c9-6-3-1-2-4-7(6)13-8(10)5-11-12-13/h1-5H,10H2. The third-order valence-corrected chi connectivity index (χ3v) is 1.98. The molecule has 0 saturated heterocycles. The summed E-state index contributed by atoms with van der Waals surface area (Å²) in [6.45, 7) is 0. The zero-order chi connectivity index (χ0) is 9.26. The van der Waals surface area contributed by atoms with Crippen LogP contribution in [0.1, 0.15) is 0 Å². The van der Waals surface area contributed by atoms with Gasteiger partial charge in [0.15, 0.2) is 0 Å². The predicted molar refractivity (Wildman–Crippen MR) is 50.8 cm³/mol. The molecule has 0 aliphatic heterocycles. The van der Waals surface area contributed by atoms with Crippen LogP contribution >= 0.6 is 11.6 Å². The summed E-state index contributed by atoms with van der Waals surface area (Å²) in [4.78, 5) is 0. The number of nitrogens with zero attached hydrogens (tertiary/aromatic N) is 3. The largest absolute Gasteiger partial charge is 0.382 e. The van der Waals surface area contributed by atoms with Gasteiger partial charge in [0.1, 0.15) is 5.82 Å². The van der Waals surface area contributed by atoms with E-state index < -0.39 is 0 Å². The molecule has 1 aromatic heterocycles. The Labute approximate surface area is 79.9 Å². The molecular formula is C8H7ClN4. The second-order valence-corrected chi connectivity index (χ2v) is 2.93. The lowest BCUT2D eigenvalue weighted by molar-refractivity contribution is 0.810. The molecule has 0 unspecified atom stereocenters. The van der Waals surface area contributed by atoms with Crippen LogP contribution in [-0.4, -0.2) is 15.0 Å². The minimum Gasteiger partial charge on any atom is -0.382 e. The first-order chi connectivity index (χ1) is 6.29. The van der Waals surface area contributed by atoms with Gasteiger partial charge < -0.3 is 5.73 Å². The van der Waals surface area contributed by atoms with Crippen molar-refractivity contribution in [1.29, 1.82) is 0 Å². The Bertz CT molecular complexity index is 424. The Morgan fingerprint density at radius 1 is 1.31 bits per heavy atom. The van der Waals surface area contributed by atoms with Crippen molar-refractivity contribution in [3.05, 3.63) is 35.5 Å². The number of para-hydroxylation sites is 1. The fourth-order valence-electron chi connectivity index (χ4n) is 1.05. The fraction of sp³-hybridized carbons (Fsp3) is 0. The molecule has 0 aliphatic carbocycles. The highest BCUT2D eigenvalue weighted by Gasteiger charge is 2.05. The van der Waals surface area contributed by atoms with Crippen LogP contribution in [0.5, 0.6) is 0 Å². The van der Waals surface area contributed by atoms with E-state index in [4.69, 9.17) is 17.3 Å². The number of anilines is 1. The van der Waals surface area contributed by atoms with Crippen LogP contribution in [0.2, 0.25) is 5.02 Å². The Morgan fingerprint density at radius 3 is 2.69 bits per heavy atom. The molecule has 0 aliphatic rings. The number of aromatic nitrogens is 3. The molecule has 4 nitrogen and oxygen atoms in total. The molecule has 2 rings (SSSR count). The molecule has 66 valence electrons. The molecule has 0 amide bonds. The highest BCUT2D eigenvalue weighted by molar-refractivity contribution is 6.32. The molecule has 2 N–H and O–H groups in total. The first-order valence-electron chi connectivity index (χ1n) is 3.70. The van der Waals surface area contributed by atoms with Crippen molar-refractivity contribution in [2.24, 2.45) is 0 Å². The third-order valence-electron chi connectivity index (χ3n) is 1.66. The lowest BCUT2D eigenvalue weighted by atomic mass is 10.3. The predicted octanol–water partition coefficient (Wildman–Crippen LogP) is 1.50. The van der Waals surface area contributed by atoms with Crippen LogP contribution in [0.3, 0.4) is 0 Å². The van der Waals surface area contributed by atoms with E-state index in [1.54, 1.807) is 6.07 Å². The Morgan fingerprint density at radius 2 is 2.08 bits per heavy atom. The summed E-state index contributed by atoms with van der Waals surface area (Å²) in [6.07, 6.45) is 1.48. The maximum atomic E-state index is 5.94. The van der Waals surface area contributed by atoms with E-state index in [0.717, 1.165) is 5.69 Å². The number of nitrogens with two attached hydrogens (primary N) is 1. The minimum atomic E-state index is 0.466. The summed E-state index contributed by atoms with van der Waals surface area (Å²) < 4.78 is 1.49. The van der Waals surface area contributed by atoms with Crippen molar-refractivity contribution in [2.45, 2.75) is 0 Å². The van der Waals surface area contributed by atoms with E-state index in [2.05, 4.69) is 10.3 Å². The second kappa shape index (κ2) is 3.06. The smallest absolute Gasteiger partial charge is 0.147 e. The van der Waals surface area contributed by atoms with Gasteiger partial charge in [0.2, 0.25) is 0 Å². The van der Waals surface area contributed by atoms with Gasteiger partial charge in [-0.2, -0.15) is 4.68 Å². The van der Waals surface area contributed by atoms with E-state index in [0.29, 0.717) is 10.8 Å². The summed E-state index contributed by atoms with van der Waals surface area (Å²) >= 11 is 5.94. The van der Waals surface area contributed by atoms with Gasteiger partial charge >= 0.3 is 0 Å². The van der Waals surface area contributed by atoms with Crippen LogP contribution in [0, 0.1) is 0 Å². The maximum absolute atomic E-state index is 5.94. The Kier molecular flexibility index (Phi) is 1.90. The molecule has 2 aromatic rings. The third kappa shape index (κ3) is 1.36. The van der Waals surface area contributed by atoms with E-state index in [9.17, 15) is 0 Å². The molecule has 5 heteroatoms. The molecule has 0 spiro atoms. The molecule has 0 saturated carbocycles. The first-order valence-corrected chi connectivity index (χ1v) is 4.08. The zero-order valence-electron chi connectivity index (χ0n) is 6.68. The average Bonchev–Trinajstić information content (AvgIpc) is 2.52. The number of hydrogen-bond donors (Lipinski definition) is 1. The maximum Gasteiger partial charge on any atom is 0.147 e. The minimum absolute atomic E-state index is 0.466. The molecular weight excluding hydrogens is 188 g/mol. The number of rotatable bonds is 1. The normalized spacial score (nSPS) is 10.2. The molecule has 1 heterocycles. The zero-order valence-corrected chi connectivity index (χ0v) is 7.44. The Balaban J connectivity index is 2.59. The van der Waals surface area contributed by atoms with E-state index >= 15 is 0 Å². The number of benzene rings is 1. The molecule has 0 fully saturated rings. The van der Waals surface area contributed by atoms with Crippen molar-refractivity contribution >= 4 is 17.4 Å². The number of hydrogen-bond acceptors (Lipinski definition) is 3. The summed E-state index contributed by atoms with van der Waals surface area (Å²) in [5.41, 5.74) is 6.36. The molecule has 0 atom stereocenters. The SMILES string of the molecule is Nc1cnnn1-c1ccccc1Cl. The van der Waals surface area contributed by atoms with Crippen molar-refractivity contribution in [2.75, 3.05) is 5.73 Å². The van der Waals surface area contributed by atoms with Gasteiger partial charge in [-0.05, 0) is 12.1 Å². The van der Waals surface area contributed by atoms with Crippen LogP contribution in [0.25, 0.3) is 5.69 Å². The highest BCUT2D eigenvalue weighted by atomic mass is 35.5. The van der Waals surface area contributed by atoms with Crippen molar-refractivity contribution in [1.82, 2.24) is 15.0 Å². The van der Waals surface area contributed by atoms with Gasteiger partial charge in [-0.15, -0.1) is 5.10 Å². The van der Waals surface area contributed by atoms with Gasteiger partial charge in [0.05, 0.1) is 16.9 Å². The van der Waals surface area contributed by atoms with Crippen molar-refractivity contribution < 1.29 is 0 Å². The van der Waals surface area contributed by atoms with Crippen LogP contribution in [0.15, 0.2) is 30.5 Å². The van der Waals surface area contributed by atoms with E-state index in [1.807, 2.05) is 18.2 Å². The highest BCUT2D eigenvalue weighted by Crippen LogP contribution is 2.20. The summed E-state index contributed by atoms with van der Waals surface area (Å²) in [6, 6.07) is 7.31. The van der Waals surface area contributed by atoms with E-state index in [1.165, 1.54) is 10.9 Å². The lowest BCUT2D eigenvalue weighted by Gasteiger charge is -2.03. The summed E-state index contributed by atoms with van der Waals surface area (Å²) in [5.74, 6) is 0.466.